The molecular formula is C9H17N3O2. The summed E-state index contributed by atoms with van der Waals surface area (Å²) < 4.78 is 0. The van der Waals surface area contributed by atoms with Crippen molar-refractivity contribution in [1.82, 2.24) is 10.6 Å². The largest absolute Gasteiger partial charge is 0.354 e. The normalized spacial score (nSPS) is 23.4. The minimum atomic E-state index is -0.495. The van der Waals surface area contributed by atoms with E-state index in [9.17, 15) is 9.59 Å². The van der Waals surface area contributed by atoms with Gasteiger partial charge in [-0.3, -0.25) is 9.59 Å². The third kappa shape index (κ3) is 2.70. The van der Waals surface area contributed by atoms with Crippen molar-refractivity contribution in [2.24, 2.45) is 11.7 Å². The zero-order chi connectivity index (χ0) is 10.7. The number of hydrogen-bond acceptors (Lipinski definition) is 3. The minimum Gasteiger partial charge on any atom is -0.354 e. The van der Waals surface area contributed by atoms with Crippen LogP contribution in [0.5, 0.6) is 0 Å². The number of nitrogens with two attached hydrogens (primary N) is 1. The van der Waals surface area contributed by atoms with Gasteiger partial charge in [0.15, 0.2) is 0 Å². The lowest BCUT2D eigenvalue weighted by molar-refractivity contribution is -0.123. The van der Waals surface area contributed by atoms with Crippen molar-refractivity contribution in [2.75, 3.05) is 6.54 Å². The van der Waals surface area contributed by atoms with Crippen LogP contribution in [-0.4, -0.2) is 30.4 Å². The van der Waals surface area contributed by atoms with Gasteiger partial charge in [0.2, 0.25) is 11.8 Å². The van der Waals surface area contributed by atoms with Gasteiger partial charge in [-0.15, -0.1) is 0 Å². The van der Waals surface area contributed by atoms with E-state index in [-0.39, 0.29) is 23.8 Å². The highest BCUT2D eigenvalue weighted by Crippen LogP contribution is 2.02. The summed E-state index contributed by atoms with van der Waals surface area (Å²) in [4.78, 5) is 22.3. The maximum Gasteiger partial charge on any atom is 0.237 e. The fourth-order valence-electron chi connectivity index (χ4n) is 1.31. The van der Waals surface area contributed by atoms with Crippen LogP contribution in [0, 0.1) is 5.92 Å². The second-order valence-corrected chi connectivity index (χ2v) is 3.98. The van der Waals surface area contributed by atoms with E-state index in [1.165, 1.54) is 0 Å². The van der Waals surface area contributed by atoms with E-state index in [1.807, 2.05) is 13.8 Å². The lowest BCUT2D eigenvalue weighted by atomic mass is 10.0. The van der Waals surface area contributed by atoms with Gasteiger partial charge in [0.25, 0.3) is 0 Å². The molecule has 1 aliphatic heterocycles. The molecule has 0 aromatic heterocycles. The Morgan fingerprint density at radius 3 is 2.71 bits per heavy atom. The highest BCUT2D eigenvalue weighted by Gasteiger charge is 2.25. The van der Waals surface area contributed by atoms with Gasteiger partial charge in [-0.2, -0.15) is 0 Å². The predicted molar refractivity (Wildman–Crippen MR) is 52.4 cm³/mol. The lowest BCUT2D eigenvalue weighted by Crippen LogP contribution is -2.48. The molecule has 4 N–H and O–H groups in total. The van der Waals surface area contributed by atoms with E-state index in [0.717, 1.165) is 0 Å². The predicted octanol–water partition coefficient (Wildman–Crippen LogP) is -1.03. The fraction of sp³-hybridized carbons (Fsp3) is 0.778. The van der Waals surface area contributed by atoms with Gasteiger partial charge in [0, 0.05) is 13.0 Å². The molecule has 1 unspecified atom stereocenters. The van der Waals surface area contributed by atoms with Crippen molar-refractivity contribution >= 4 is 11.8 Å². The van der Waals surface area contributed by atoms with Crippen molar-refractivity contribution in [3.05, 3.63) is 0 Å². The average molecular weight is 199 g/mol. The number of nitrogens with one attached hydrogen (secondary N) is 2. The summed E-state index contributed by atoms with van der Waals surface area (Å²) in [5.41, 5.74) is 5.66. The molecule has 5 heteroatoms. The number of rotatable bonds is 3. The monoisotopic (exact) mass is 199 g/mol. The average Bonchev–Trinajstić information content (AvgIpc) is 2.49. The summed E-state index contributed by atoms with van der Waals surface area (Å²) in [5, 5.41) is 5.39. The number of amides is 2. The zero-order valence-corrected chi connectivity index (χ0v) is 8.54. The molecule has 0 aromatic rings. The van der Waals surface area contributed by atoms with Crippen LogP contribution in [0.3, 0.4) is 0 Å². The highest BCUT2D eigenvalue weighted by atomic mass is 16.2. The standard InChI is InChI=1S/C9H17N3O2/c1-5(2)8(10)9(14)12-6-3-7(13)11-4-6/h5-6,8H,3-4,10H2,1-2H3,(H,11,13)(H,12,14)/t6?,8-/m1/s1. The first kappa shape index (κ1) is 11.0. The molecule has 1 fully saturated rings. The second kappa shape index (κ2) is 4.41. The molecule has 0 aromatic carbocycles. The maximum atomic E-state index is 11.5. The summed E-state index contributed by atoms with van der Waals surface area (Å²) in [6, 6.07) is -0.592. The Bertz CT molecular complexity index is 240. The van der Waals surface area contributed by atoms with Crippen LogP contribution in [0.1, 0.15) is 20.3 Å². The second-order valence-electron chi connectivity index (χ2n) is 3.98. The molecular weight excluding hydrogens is 182 g/mol. The van der Waals surface area contributed by atoms with E-state index in [2.05, 4.69) is 10.6 Å². The molecule has 0 bridgehead atoms. The molecule has 1 aliphatic rings. The Morgan fingerprint density at radius 2 is 2.29 bits per heavy atom. The van der Waals surface area contributed by atoms with Gasteiger partial charge >= 0.3 is 0 Å². The molecule has 14 heavy (non-hydrogen) atoms. The first-order chi connectivity index (χ1) is 6.50. The fourth-order valence-corrected chi connectivity index (χ4v) is 1.31. The highest BCUT2D eigenvalue weighted by molar-refractivity contribution is 5.84. The summed E-state index contributed by atoms with van der Waals surface area (Å²) in [5.74, 6) is -0.0880. The summed E-state index contributed by atoms with van der Waals surface area (Å²) >= 11 is 0. The van der Waals surface area contributed by atoms with Crippen LogP contribution in [0.15, 0.2) is 0 Å². The van der Waals surface area contributed by atoms with Gasteiger partial charge in [0.05, 0.1) is 12.1 Å². The number of carbonyl (C=O) groups is 2. The van der Waals surface area contributed by atoms with Crippen LogP contribution in [0.4, 0.5) is 0 Å². The van der Waals surface area contributed by atoms with Crippen LogP contribution in [0.25, 0.3) is 0 Å². The van der Waals surface area contributed by atoms with Gasteiger partial charge < -0.3 is 16.4 Å². The first-order valence-electron chi connectivity index (χ1n) is 4.83. The molecule has 0 spiro atoms. The molecule has 0 aliphatic carbocycles. The van der Waals surface area contributed by atoms with Crippen molar-refractivity contribution in [1.29, 1.82) is 0 Å². The third-order valence-corrected chi connectivity index (χ3v) is 2.34. The maximum absolute atomic E-state index is 11.5. The van der Waals surface area contributed by atoms with E-state index >= 15 is 0 Å². The van der Waals surface area contributed by atoms with Crippen molar-refractivity contribution in [3.63, 3.8) is 0 Å². The smallest absolute Gasteiger partial charge is 0.237 e. The molecule has 0 radical (unpaired) electrons. The topological polar surface area (TPSA) is 84.2 Å². The number of hydrogen-bond donors (Lipinski definition) is 3. The van der Waals surface area contributed by atoms with Gasteiger partial charge in [-0.05, 0) is 5.92 Å². The van der Waals surface area contributed by atoms with Crippen LogP contribution < -0.4 is 16.4 Å². The Kier molecular flexibility index (Phi) is 3.46. The van der Waals surface area contributed by atoms with Crippen LogP contribution >= 0.6 is 0 Å². The molecule has 1 rings (SSSR count). The molecule has 1 saturated heterocycles. The van der Waals surface area contributed by atoms with E-state index in [1.54, 1.807) is 0 Å². The Balaban J connectivity index is 2.37. The van der Waals surface area contributed by atoms with E-state index < -0.39 is 6.04 Å². The van der Waals surface area contributed by atoms with Gasteiger partial charge in [-0.25, -0.2) is 0 Å². The van der Waals surface area contributed by atoms with Gasteiger partial charge in [-0.1, -0.05) is 13.8 Å². The Labute approximate surface area is 83.4 Å². The molecule has 1 heterocycles. The lowest BCUT2D eigenvalue weighted by Gasteiger charge is -2.17. The molecule has 5 nitrogen and oxygen atoms in total. The van der Waals surface area contributed by atoms with Gasteiger partial charge in [0.1, 0.15) is 0 Å². The number of carbonyl (C=O) groups excluding carboxylic acids is 2. The molecule has 0 saturated carbocycles. The van der Waals surface area contributed by atoms with Crippen LogP contribution in [0.2, 0.25) is 0 Å². The third-order valence-electron chi connectivity index (χ3n) is 2.34. The molecule has 2 amide bonds. The van der Waals surface area contributed by atoms with E-state index in [4.69, 9.17) is 5.73 Å². The molecule has 2 atom stereocenters. The van der Waals surface area contributed by atoms with Crippen molar-refractivity contribution in [3.8, 4) is 0 Å². The Hall–Kier alpha value is -1.10. The van der Waals surface area contributed by atoms with Crippen molar-refractivity contribution in [2.45, 2.75) is 32.4 Å². The quantitative estimate of drug-likeness (QED) is 0.543. The zero-order valence-electron chi connectivity index (χ0n) is 8.54. The van der Waals surface area contributed by atoms with E-state index in [0.29, 0.717) is 13.0 Å². The van der Waals surface area contributed by atoms with Crippen LogP contribution in [-0.2, 0) is 9.59 Å². The molecule has 80 valence electrons. The summed E-state index contributed by atoms with van der Waals surface area (Å²) in [6.07, 6.45) is 0.358. The minimum absolute atomic E-state index is 0.0200. The summed E-state index contributed by atoms with van der Waals surface area (Å²) in [6.45, 7) is 4.29. The Morgan fingerprint density at radius 1 is 1.64 bits per heavy atom. The summed E-state index contributed by atoms with van der Waals surface area (Å²) in [7, 11) is 0. The van der Waals surface area contributed by atoms with Crippen molar-refractivity contribution < 1.29 is 9.59 Å². The first-order valence-corrected chi connectivity index (χ1v) is 4.83. The SMILES string of the molecule is CC(C)[C@@H](N)C(=O)NC1CNC(=O)C1.